The molecule has 5 nitrogen and oxygen atoms in total. The summed E-state index contributed by atoms with van der Waals surface area (Å²) in [4.78, 5) is 12.2. The van der Waals surface area contributed by atoms with Crippen molar-refractivity contribution in [3.8, 4) is 23.6 Å². The van der Waals surface area contributed by atoms with E-state index in [1.165, 1.54) is 31.0 Å². The SMILES string of the molecule is CCCCCCOc1ccc(C(=O)Oc2cc(C#N)cc(C#N)c2)cc1. The second kappa shape index (κ2) is 9.86. The molecule has 0 saturated heterocycles. The Hall–Kier alpha value is -3.31. The van der Waals surface area contributed by atoms with Crippen molar-refractivity contribution in [2.45, 2.75) is 32.6 Å². The molecule has 2 aromatic rings. The van der Waals surface area contributed by atoms with Gasteiger partial charge in [-0.3, -0.25) is 0 Å². The zero-order valence-electron chi connectivity index (χ0n) is 14.7. The summed E-state index contributed by atoms with van der Waals surface area (Å²) < 4.78 is 10.9. The maximum Gasteiger partial charge on any atom is 0.343 e. The van der Waals surface area contributed by atoms with Crippen molar-refractivity contribution in [3.63, 3.8) is 0 Å². The number of benzene rings is 2. The molecule has 0 spiro atoms. The van der Waals surface area contributed by atoms with E-state index in [0.29, 0.717) is 17.9 Å². The summed E-state index contributed by atoms with van der Waals surface area (Å²) in [6.07, 6.45) is 4.54. The summed E-state index contributed by atoms with van der Waals surface area (Å²) in [5.74, 6) is 0.316. The molecule has 0 amide bonds. The minimum Gasteiger partial charge on any atom is -0.494 e. The lowest BCUT2D eigenvalue weighted by Crippen LogP contribution is -2.08. The van der Waals surface area contributed by atoms with E-state index in [9.17, 15) is 4.79 Å². The molecule has 0 aliphatic heterocycles. The summed E-state index contributed by atoms with van der Waals surface area (Å²) in [5, 5.41) is 17.9. The number of ether oxygens (including phenoxy) is 2. The number of nitrogens with zero attached hydrogens (tertiary/aromatic N) is 2. The first-order valence-corrected chi connectivity index (χ1v) is 8.56. The number of nitriles is 2. The third-order valence-corrected chi connectivity index (χ3v) is 3.73. The van der Waals surface area contributed by atoms with Gasteiger partial charge >= 0.3 is 5.97 Å². The lowest BCUT2D eigenvalue weighted by atomic mass is 10.1. The maximum atomic E-state index is 12.2. The van der Waals surface area contributed by atoms with Gasteiger partial charge in [-0.05, 0) is 48.9 Å². The summed E-state index contributed by atoms with van der Waals surface area (Å²) >= 11 is 0. The number of rotatable bonds is 8. The molecule has 0 aliphatic carbocycles. The van der Waals surface area contributed by atoms with Crippen LogP contribution in [0.2, 0.25) is 0 Å². The largest absolute Gasteiger partial charge is 0.494 e. The minimum absolute atomic E-state index is 0.168. The highest BCUT2D eigenvalue weighted by Crippen LogP contribution is 2.19. The van der Waals surface area contributed by atoms with Crippen LogP contribution in [0.4, 0.5) is 0 Å². The van der Waals surface area contributed by atoms with Crippen molar-refractivity contribution < 1.29 is 14.3 Å². The summed E-state index contributed by atoms with van der Waals surface area (Å²) in [6, 6.07) is 14.9. The highest BCUT2D eigenvalue weighted by molar-refractivity contribution is 5.91. The Bertz CT molecular complexity index is 798. The first-order valence-electron chi connectivity index (χ1n) is 8.56. The Morgan fingerprint density at radius 3 is 2.15 bits per heavy atom. The quantitative estimate of drug-likeness (QED) is 0.395. The van der Waals surface area contributed by atoms with E-state index in [1.807, 2.05) is 12.1 Å². The van der Waals surface area contributed by atoms with Gasteiger partial charge in [0, 0.05) is 0 Å². The molecule has 2 rings (SSSR count). The normalized spacial score (nSPS) is 9.81. The van der Waals surface area contributed by atoms with E-state index in [4.69, 9.17) is 20.0 Å². The molecule has 0 fully saturated rings. The van der Waals surface area contributed by atoms with Gasteiger partial charge in [-0.15, -0.1) is 0 Å². The third-order valence-electron chi connectivity index (χ3n) is 3.73. The van der Waals surface area contributed by atoms with Crippen LogP contribution in [0.15, 0.2) is 42.5 Å². The molecule has 0 radical (unpaired) electrons. The highest BCUT2D eigenvalue weighted by Gasteiger charge is 2.10. The van der Waals surface area contributed by atoms with E-state index in [-0.39, 0.29) is 16.9 Å². The molecule has 0 N–H and O–H groups in total. The molecule has 0 unspecified atom stereocenters. The Kier molecular flexibility index (Phi) is 7.21. The van der Waals surface area contributed by atoms with Crippen molar-refractivity contribution >= 4 is 5.97 Å². The smallest absolute Gasteiger partial charge is 0.343 e. The number of carbonyl (C=O) groups excluding carboxylic acids is 1. The molecule has 5 heteroatoms. The van der Waals surface area contributed by atoms with Crippen LogP contribution >= 0.6 is 0 Å². The zero-order chi connectivity index (χ0) is 18.8. The zero-order valence-corrected chi connectivity index (χ0v) is 14.7. The number of unbranched alkanes of at least 4 members (excludes halogenated alkanes) is 3. The topological polar surface area (TPSA) is 83.1 Å². The van der Waals surface area contributed by atoms with Crippen LogP contribution in [0.5, 0.6) is 11.5 Å². The molecule has 0 bridgehead atoms. The van der Waals surface area contributed by atoms with Gasteiger partial charge in [0.25, 0.3) is 0 Å². The van der Waals surface area contributed by atoms with Crippen molar-refractivity contribution in [2.24, 2.45) is 0 Å². The lowest BCUT2D eigenvalue weighted by molar-refractivity contribution is 0.0734. The van der Waals surface area contributed by atoms with Crippen LogP contribution in [0, 0.1) is 22.7 Å². The van der Waals surface area contributed by atoms with Gasteiger partial charge in [-0.2, -0.15) is 10.5 Å². The molecule has 0 aromatic heterocycles. The number of hydrogen-bond donors (Lipinski definition) is 0. The van der Waals surface area contributed by atoms with E-state index in [2.05, 4.69) is 6.92 Å². The minimum atomic E-state index is -0.557. The number of hydrogen-bond acceptors (Lipinski definition) is 5. The highest BCUT2D eigenvalue weighted by atomic mass is 16.5. The Morgan fingerprint density at radius 2 is 1.58 bits per heavy atom. The fourth-order valence-electron chi connectivity index (χ4n) is 2.36. The average molecular weight is 348 g/mol. The molecular formula is C21H20N2O3. The molecule has 0 heterocycles. The fraction of sp³-hybridized carbons (Fsp3) is 0.286. The third kappa shape index (κ3) is 5.65. The average Bonchev–Trinajstić information content (AvgIpc) is 2.67. The van der Waals surface area contributed by atoms with Gasteiger partial charge in [0.05, 0.1) is 35.4 Å². The van der Waals surface area contributed by atoms with Crippen LogP contribution in [0.25, 0.3) is 0 Å². The van der Waals surface area contributed by atoms with Crippen LogP contribution in [-0.4, -0.2) is 12.6 Å². The lowest BCUT2D eigenvalue weighted by Gasteiger charge is -2.08. The van der Waals surface area contributed by atoms with Crippen molar-refractivity contribution in [3.05, 3.63) is 59.2 Å². The van der Waals surface area contributed by atoms with Gasteiger partial charge in [0.1, 0.15) is 11.5 Å². The van der Waals surface area contributed by atoms with Gasteiger partial charge in [0.15, 0.2) is 0 Å². The van der Waals surface area contributed by atoms with Crippen LogP contribution in [-0.2, 0) is 0 Å². The molecule has 2 aromatic carbocycles. The maximum absolute atomic E-state index is 12.2. The van der Waals surface area contributed by atoms with Crippen molar-refractivity contribution in [1.29, 1.82) is 10.5 Å². The van der Waals surface area contributed by atoms with E-state index >= 15 is 0 Å². The standard InChI is InChI=1S/C21H20N2O3/c1-2-3-4-5-10-25-19-8-6-18(7-9-19)21(24)26-20-12-16(14-22)11-17(13-20)15-23/h6-9,11-13H,2-5,10H2,1H3. The summed E-state index contributed by atoms with van der Waals surface area (Å²) in [7, 11) is 0. The second-order valence-electron chi connectivity index (χ2n) is 5.79. The van der Waals surface area contributed by atoms with Gasteiger partial charge < -0.3 is 9.47 Å². The summed E-state index contributed by atoms with van der Waals surface area (Å²) in [5.41, 5.74) is 0.890. The van der Waals surface area contributed by atoms with Crippen LogP contribution < -0.4 is 9.47 Å². The summed E-state index contributed by atoms with van der Waals surface area (Å²) in [6.45, 7) is 2.82. The van der Waals surface area contributed by atoms with E-state index in [1.54, 1.807) is 24.3 Å². The van der Waals surface area contributed by atoms with Gasteiger partial charge in [-0.1, -0.05) is 26.2 Å². The van der Waals surface area contributed by atoms with Gasteiger partial charge in [0.2, 0.25) is 0 Å². The van der Waals surface area contributed by atoms with Crippen LogP contribution in [0.3, 0.4) is 0 Å². The molecular weight excluding hydrogens is 328 g/mol. The predicted octanol–water partition coefficient (Wildman–Crippen LogP) is 4.61. The molecule has 0 saturated carbocycles. The van der Waals surface area contributed by atoms with Crippen molar-refractivity contribution in [2.75, 3.05) is 6.61 Å². The number of esters is 1. The molecule has 0 aliphatic rings. The molecule has 132 valence electrons. The van der Waals surface area contributed by atoms with E-state index in [0.717, 1.165) is 12.8 Å². The Labute approximate surface area is 153 Å². The van der Waals surface area contributed by atoms with Crippen molar-refractivity contribution in [1.82, 2.24) is 0 Å². The first kappa shape index (κ1) is 19.0. The monoisotopic (exact) mass is 348 g/mol. The first-order chi connectivity index (χ1) is 12.7. The molecule has 0 atom stereocenters. The second-order valence-corrected chi connectivity index (χ2v) is 5.79. The van der Waals surface area contributed by atoms with Gasteiger partial charge in [-0.25, -0.2) is 4.79 Å². The number of carbonyl (C=O) groups is 1. The fourth-order valence-corrected chi connectivity index (χ4v) is 2.36. The predicted molar refractivity (Wildman–Crippen MR) is 96.9 cm³/mol. The van der Waals surface area contributed by atoms with Crippen LogP contribution in [0.1, 0.15) is 54.1 Å². The Balaban J connectivity index is 1.96. The Morgan fingerprint density at radius 1 is 0.923 bits per heavy atom. The van der Waals surface area contributed by atoms with E-state index < -0.39 is 5.97 Å². The molecule has 26 heavy (non-hydrogen) atoms.